The Morgan fingerprint density at radius 3 is 2.33 bits per heavy atom. The first-order valence-electron chi connectivity index (χ1n) is 11.6. The normalized spacial score (nSPS) is 16.1. The van der Waals surface area contributed by atoms with Crippen LogP contribution in [0.4, 0.5) is 0 Å². The van der Waals surface area contributed by atoms with Crippen LogP contribution in [-0.2, 0) is 4.79 Å². The number of amidine groups is 2. The van der Waals surface area contributed by atoms with Crippen molar-refractivity contribution in [2.24, 2.45) is 4.99 Å². The van der Waals surface area contributed by atoms with Crippen molar-refractivity contribution >= 4 is 40.4 Å². The molecule has 0 unspecified atom stereocenters. The number of rotatable bonds is 7. The Labute approximate surface area is 214 Å². The summed E-state index contributed by atoms with van der Waals surface area (Å²) in [5, 5.41) is 11.2. The van der Waals surface area contributed by atoms with E-state index in [1.54, 1.807) is 11.0 Å². The predicted octanol–water partition coefficient (Wildman–Crippen LogP) is 6.07. The van der Waals surface area contributed by atoms with E-state index in [-0.39, 0.29) is 11.4 Å². The Kier molecular flexibility index (Phi) is 6.73. The number of nitrogens with zero attached hydrogens (tertiary/aromatic N) is 2. The Bertz CT molecular complexity index is 1390. The summed E-state index contributed by atoms with van der Waals surface area (Å²) in [6, 6.07) is 23.3. The van der Waals surface area contributed by atoms with Gasteiger partial charge in [0.05, 0.1) is 11.3 Å². The predicted molar refractivity (Wildman–Crippen MR) is 145 cm³/mol. The summed E-state index contributed by atoms with van der Waals surface area (Å²) in [6.07, 6.45) is 1.70. The third-order valence-corrected chi connectivity index (χ3v) is 6.71. The molecule has 7 heteroatoms. The molecule has 5 rings (SSSR count). The van der Waals surface area contributed by atoms with Gasteiger partial charge in [-0.3, -0.25) is 15.1 Å². The first kappa shape index (κ1) is 23.6. The van der Waals surface area contributed by atoms with E-state index in [4.69, 9.17) is 14.9 Å². The van der Waals surface area contributed by atoms with Crippen molar-refractivity contribution in [3.63, 3.8) is 0 Å². The molecule has 180 valence electrons. The van der Waals surface area contributed by atoms with Gasteiger partial charge in [-0.25, -0.2) is 0 Å². The molecule has 1 amide bonds. The first-order chi connectivity index (χ1) is 17.5. The zero-order valence-electron chi connectivity index (χ0n) is 20.0. The molecule has 0 bridgehead atoms. The van der Waals surface area contributed by atoms with Crippen molar-refractivity contribution in [1.29, 1.82) is 5.41 Å². The van der Waals surface area contributed by atoms with Gasteiger partial charge in [0.1, 0.15) is 30.5 Å². The lowest BCUT2D eigenvalue weighted by atomic mass is 10.1. The molecule has 0 aliphatic carbocycles. The van der Waals surface area contributed by atoms with Crippen LogP contribution in [0, 0.1) is 19.3 Å². The molecule has 0 saturated heterocycles. The molecule has 0 spiro atoms. The van der Waals surface area contributed by atoms with Crippen molar-refractivity contribution in [3.8, 4) is 11.5 Å². The Balaban J connectivity index is 1.24. The zero-order chi connectivity index (χ0) is 25.1. The summed E-state index contributed by atoms with van der Waals surface area (Å²) in [4.78, 5) is 18.6. The number of benzene rings is 3. The van der Waals surface area contributed by atoms with Crippen LogP contribution in [-0.4, -0.2) is 35.0 Å². The highest BCUT2D eigenvalue weighted by molar-refractivity contribution is 8.17. The highest BCUT2D eigenvalue weighted by Crippen LogP contribution is 2.37. The van der Waals surface area contributed by atoms with Gasteiger partial charge in [0, 0.05) is 5.41 Å². The van der Waals surface area contributed by atoms with Crippen LogP contribution in [0.2, 0.25) is 0 Å². The molecule has 0 fully saturated rings. The second-order valence-electron chi connectivity index (χ2n) is 8.42. The minimum absolute atomic E-state index is 0.120. The number of carbonyl (C=O) groups excluding carboxylic acids is 1. The summed E-state index contributed by atoms with van der Waals surface area (Å²) < 4.78 is 11.7. The zero-order valence-corrected chi connectivity index (χ0v) is 20.8. The third kappa shape index (κ3) is 4.83. The van der Waals surface area contributed by atoms with Crippen LogP contribution in [0.25, 0.3) is 11.8 Å². The van der Waals surface area contributed by atoms with Gasteiger partial charge in [0.15, 0.2) is 5.17 Å². The maximum atomic E-state index is 12.7. The fourth-order valence-electron chi connectivity index (χ4n) is 4.07. The number of carbonyl (C=O) groups is 1. The SMILES string of the molecule is Cc1cccc(C)c1OCCOc1ccc(/C=C2/C(=N)N3C(c4ccccc4)=CSC3=NC2=O)cc1. The van der Waals surface area contributed by atoms with Crippen molar-refractivity contribution < 1.29 is 14.3 Å². The van der Waals surface area contributed by atoms with Gasteiger partial charge in [0.2, 0.25) is 0 Å². The topological polar surface area (TPSA) is 75.0 Å². The maximum absolute atomic E-state index is 12.7. The summed E-state index contributed by atoms with van der Waals surface area (Å²) in [5.74, 6) is 1.31. The Morgan fingerprint density at radius 2 is 1.61 bits per heavy atom. The summed E-state index contributed by atoms with van der Waals surface area (Å²) in [6.45, 7) is 4.91. The molecule has 0 atom stereocenters. The van der Waals surface area contributed by atoms with E-state index in [0.29, 0.717) is 24.1 Å². The van der Waals surface area contributed by atoms with Crippen molar-refractivity contribution in [3.05, 3.63) is 106 Å². The molecule has 1 N–H and O–H groups in total. The quantitative estimate of drug-likeness (QED) is 0.318. The first-order valence-corrected chi connectivity index (χ1v) is 12.5. The molecular formula is C29H25N3O3S. The molecular weight excluding hydrogens is 470 g/mol. The molecule has 0 radical (unpaired) electrons. The van der Waals surface area contributed by atoms with E-state index in [1.165, 1.54) is 11.8 Å². The van der Waals surface area contributed by atoms with Gasteiger partial charge in [-0.1, -0.05) is 72.4 Å². The number of hydrogen-bond donors (Lipinski definition) is 1. The number of aliphatic imine (C=N–C) groups is 1. The number of para-hydroxylation sites is 1. The minimum atomic E-state index is -0.412. The maximum Gasteiger partial charge on any atom is 0.283 e. The highest BCUT2D eigenvalue weighted by atomic mass is 32.2. The molecule has 2 heterocycles. The summed E-state index contributed by atoms with van der Waals surface area (Å²) in [5.41, 5.74) is 5.05. The lowest BCUT2D eigenvalue weighted by Crippen LogP contribution is -2.38. The van der Waals surface area contributed by atoms with E-state index in [9.17, 15) is 4.79 Å². The molecule has 2 aliphatic rings. The number of aryl methyl sites for hydroxylation is 2. The molecule has 36 heavy (non-hydrogen) atoms. The Morgan fingerprint density at radius 1 is 0.917 bits per heavy atom. The molecule has 3 aromatic rings. The fourth-order valence-corrected chi connectivity index (χ4v) is 4.96. The summed E-state index contributed by atoms with van der Waals surface area (Å²) in [7, 11) is 0. The molecule has 6 nitrogen and oxygen atoms in total. The van der Waals surface area contributed by atoms with Crippen molar-refractivity contribution in [2.45, 2.75) is 13.8 Å². The average molecular weight is 496 g/mol. The highest BCUT2D eigenvalue weighted by Gasteiger charge is 2.36. The van der Waals surface area contributed by atoms with Gasteiger partial charge < -0.3 is 9.47 Å². The van der Waals surface area contributed by atoms with Crippen LogP contribution in [0.1, 0.15) is 22.3 Å². The number of fused-ring (bicyclic) bond motifs is 1. The van der Waals surface area contributed by atoms with Crippen molar-refractivity contribution in [1.82, 2.24) is 4.90 Å². The summed E-state index contributed by atoms with van der Waals surface area (Å²) >= 11 is 1.35. The third-order valence-electron chi connectivity index (χ3n) is 5.88. The van der Waals surface area contributed by atoms with Crippen LogP contribution in [0.3, 0.4) is 0 Å². The monoisotopic (exact) mass is 495 g/mol. The molecule has 0 aromatic heterocycles. The van der Waals surface area contributed by atoms with Crippen LogP contribution >= 0.6 is 11.8 Å². The molecule has 0 saturated carbocycles. The number of ether oxygens (including phenoxy) is 2. The van der Waals surface area contributed by atoms with Gasteiger partial charge in [-0.2, -0.15) is 4.99 Å². The van der Waals surface area contributed by atoms with Crippen molar-refractivity contribution in [2.75, 3.05) is 13.2 Å². The second-order valence-corrected chi connectivity index (χ2v) is 9.25. The largest absolute Gasteiger partial charge is 0.490 e. The van der Waals surface area contributed by atoms with E-state index in [1.807, 2.05) is 92.1 Å². The number of hydrogen-bond acceptors (Lipinski definition) is 5. The van der Waals surface area contributed by atoms with Gasteiger partial charge in [-0.15, -0.1) is 0 Å². The van der Waals surface area contributed by atoms with Crippen LogP contribution < -0.4 is 9.47 Å². The second kappa shape index (κ2) is 10.3. The van der Waals surface area contributed by atoms with E-state index in [2.05, 4.69) is 4.99 Å². The Hall–Kier alpha value is -4.10. The van der Waals surface area contributed by atoms with E-state index >= 15 is 0 Å². The lowest BCUT2D eigenvalue weighted by Gasteiger charge is -2.26. The van der Waals surface area contributed by atoms with Crippen LogP contribution in [0.5, 0.6) is 11.5 Å². The average Bonchev–Trinajstić information content (AvgIpc) is 3.31. The molecule has 2 aliphatic heterocycles. The standard InChI is InChI=1S/C29H25N3O3S/c1-19-7-6-8-20(2)26(19)35-16-15-34-23-13-11-21(12-14-23)17-24-27(30)32-25(22-9-4-3-5-10-22)18-36-29(32)31-28(24)33/h3-14,17-18,30H,15-16H2,1-2H3/b24-17-,30-27?. The fraction of sp³-hybridized carbons (Fsp3) is 0.138. The smallest absolute Gasteiger partial charge is 0.283 e. The number of amides is 1. The van der Waals surface area contributed by atoms with E-state index in [0.717, 1.165) is 33.7 Å². The van der Waals surface area contributed by atoms with Gasteiger partial charge in [0.25, 0.3) is 5.91 Å². The van der Waals surface area contributed by atoms with Crippen LogP contribution in [0.15, 0.2) is 88.8 Å². The van der Waals surface area contributed by atoms with Gasteiger partial charge in [-0.05, 0) is 54.3 Å². The van der Waals surface area contributed by atoms with Gasteiger partial charge >= 0.3 is 0 Å². The number of nitrogens with one attached hydrogen (secondary N) is 1. The van der Waals surface area contributed by atoms with E-state index < -0.39 is 5.91 Å². The lowest BCUT2D eigenvalue weighted by molar-refractivity contribution is -0.114. The number of thioether (sulfide) groups is 1. The minimum Gasteiger partial charge on any atom is -0.490 e. The molecule has 3 aromatic carbocycles.